The third kappa shape index (κ3) is 2.95. The highest BCUT2D eigenvalue weighted by Gasteiger charge is 2.36. The second kappa shape index (κ2) is 4.62. The summed E-state index contributed by atoms with van der Waals surface area (Å²) in [6.07, 6.45) is 4.94. The summed E-state index contributed by atoms with van der Waals surface area (Å²) in [6.45, 7) is 2.55. The van der Waals surface area contributed by atoms with E-state index in [1.807, 2.05) is 6.92 Å². The van der Waals surface area contributed by atoms with E-state index in [0.29, 0.717) is 18.1 Å². The highest BCUT2D eigenvalue weighted by Crippen LogP contribution is 2.43. The van der Waals surface area contributed by atoms with Crippen molar-refractivity contribution in [3.05, 3.63) is 0 Å². The number of hydrogen-bond acceptors (Lipinski definition) is 3. The highest BCUT2D eigenvalue weighted by molar-refractivity contribution is 7.91. The second-order valence-electron chi connectivity index (χ2n) is 4.46. The minimum atomic E-state index is -2.81. The van der Waals surface area contributed by atoms with Crippen LogP contribution in [0.3, 0.4) is 0 Å². The summed E-state index contributed by atoms with van der Waals surface area (Å²) in [4.78, 5) is 0. The van der Waals surface area contributed by atoms with Crippen LogP contribution in [-0.4, -0.2) is 26.5 Å². The molecule has 0 bridgehead atoms. The van der Waals surface area contributed by atoms with Crippen molar-refractivity contribution < 1.29 is 8.42 Å². The zero-order chi connectivity index (χ0) is 10.7. The Morgan fingerprint density at radius 1 is 1.29 bits per heavy atom. The number of rotatable bonds is 6. The van der Waals surface area contributed by atoms with Crippen LogP contribution in [0.4, 0.5) is 0 Å². The van der Waals surface area contributed by atoms with Crippen molar-refractivity contribution in [2.24, 2.45) is 11.1 Å². The molecule has 14 heavy (non-hydrogen) atoms. The predicted octanol–water partition coefficient (Wildman–Crippen LogP) is 1.33. The van der Waals surface area contributed by atoms with Gasteiger partial charge >= 0.3 is 0 Å². The molecule has 0 aromatic carbocycles. The van der Waals surface area contributed by atoms with Crippen LogP contribution in [0.25, 0.3) is 0 Å². The van der Waals surface area contributed by atoms with Gasteiger partial charge in [-0.05, 0) is 37.6 Å². The Kier molecular flexibility index (Phi) is 3.95. The van der Waals surface area contributed by atoms with Crippen molar-refractivity contribution in [1.29, 1.82) is 0 Å². The molecule has 0 aromatic rings. The molecule has 0 radical (unpaired) electrons. The van der Waals surface area contributed by atoms with Crippen molar-refractivity contribution in [2.45, 2.75) is 39.0 Å². The minimum Gasteiger partial charge on any atom is -0.330 e. The zero-order valence-corrected chi connectivity index (χ0v) is 9.78. The standard InChI is InChI=1S/C10H21NO2S/c1-2-7-14(12,13)8-6-10(9-11)4-3-5-10/h2-9,11H2,1H3. The van der Waals surface area contributed by atoms with Gasteiger partial charge in [0.1, 0.15) is 9.84 Å². The molecule has 0 aromatic heterocycles. The SMILES string of the molecule is CCCS(=O)(=O)CCC1(CN)CCC1. The van der Waals surface area contributed by atoms with Crippen molar-refractivity contribution in [3.63, 3.8) is 0 Å². The van der Waals surface area contributed by atoms with E-state index >= 15 is 0 Å². The molecular weight excluding hydrogens is 198 g/mol. The summed E-state index contributed by atoms with van der Waals surface area (Å²) in [7, 11) is -2.81. The highest BCUT2D eigenvalue weighted by atomic mass is 32.2. The molecule has 0 amide bonds. The molecule has 1 fully saturated rings. The first-order valence-electron chi connectivity index (χ1n) is 5.44. The Balaban J connectivity index is 2.39. The zero-order valence-electron chi connectivity index (χ0n) is 8.96. The van der Waals surface area contributed by atoms with Crippen LogP contribution >= 0.6 is 0 Å². The Hall–Kier alpha value is -0.0900. The van der Waals surface area contributed by atoms with Crippen molar-refractivity contribution in [2.75, 3.05) is 18.1 Å². The fourth-order valence-corrected chi connectivity index (χ4v) is 3.59. The van der Waals surface area contributed by atoms with Gasteiger partial charge in [0.2, 0.25) is 0 Å². The van der Waals surface area contributed by atoms with Gasteiger partial charge in [0, 0.05) is 5.75 Å². The average Bonchev–Trinajstić information content (AvgIpc) is 2.03. The monoisotopic (exact) mass is 219 g/mol. The van der Waals surface area contributed by atoms with Gasteiger partial charge in [-0.3, -0.25) is 0 Å². The molecule has 0 unspecified atom stereocenters. The lowest BCUT2D eigenvalue weighted by Gasteiger charge is -2.41. The van der Waals surface area contributed by atoms with Gasteiger partial charge in [0.15, 0.2) is 0 Å². The first-order valence-corrected chi connectivity index (χ1v) is 7.26. The van der Waals surface area contributed by atoms with Crippen LogP contribution in [0, 0.1) is 5.41 Å². The third-order valence-corrected chi connectivity index (χ3v) is 5.16. The lowest BCUT2D eigenvalue weighted by molar-refractivity contribution is 0.139. The molecule has 1 aliphatic rings. The molecule has 84 valence electrons. The lowest BCUT2D eigenvalue weighted by Crippen LogP contribution is -2.38. The van der Waals surface area contributed by atoms with Crippen LogP contribution in [0.15, 0.2) is 0 Å². The summed E-state index contributed by atoms with van der Waals surface area (Å²) in [6, 6.07) is 0. The molecular formula is C10H21NO2S. The summed E-state index contributed by atoms with van der Waals surface area (Å²) in [5.74, 6) is 0.658. The van der Waals surface area contributed by atoms with Crippen LogP contribution < -0.4 is 5.73 Å². The van der Waals surface area contributed by atoms with Gasteiger partial charge in [0.05, 0.1) is 5.75 Å². The normalized spacial score (nSPS) is 20.4. The summed E-state index contributed by atoms with van der Waals surface area (Å²) >= 11 is 0. The molecule has 1 saturated carbocycles. The Bertz CT molecular complexity index is 262. The topological polar surface area (TPSA) is 60.2 Å². The van der Waals surface area contributed by atoms with Crippen LogP contribution in [-0.2, 0) is 9.84 Å². The molecule has 0 saturated heterocycles. The fourth-order valence-electron chi connectivity index (χ4n) is 2.02. The Morgan fingerprint density at radius 2 is 1.93 bits per heavy atom. The van der Waals surface area contributed by atoms with Crippen LogP contribution in [0.2, 0.25) is 0 Å². The van der Waals surface area contributed by atoms with Gasteiger partial charge in [-0.15, -0.1) is 0 Å². The number of sulfone groups is 1. The minimum absolute atomic E-state index is 0.167. The van der Waals surface area contributed by atoms with Crippen molar-refractivity contribution in [3.8, 4) is 0 Å². The molecule has 1 aliphatic carbocycles. The van der Waals surface area contributed by atoms with E-state index < -0.39 is 9.84 Å². The maximum Gasteiger partial charge on any atom is 0.150 e. The van der Waals surface area contributed by atoms with Gasteiger partial charge in [-0.25, -0.2) is 8.42 Å². The smallest absolute Gasteiger partial charge is 0.150 e. The number of hydrogen-bond donors (Lipinski definition) is 1. The van der Waals surface area contributed by atoms with E-state index in [-0.39, 0.29) is 5.41 Å². The third-order valence-electron chi connectivity index (χ3n) is 3.31. The van der Waals surface area contributed by atoms with E-state index in [9.17, 15) is 8.42 Å². The Labute approximate surface area is 87.0 Å². The van der Waals surface area contributed by atoms with E-state index in [4.69, 9.17) is 5.73 Å². The summed E-state index contributed by atoms with van der Waals surface area (Å²) in [5, 5.41) is 0. The first kappa shape index (κ1) is 12.0. The summed E-state index contributed by atoms with van der Waals surface area (Å²) in [5.41, 5.74) is 5.84. The molecule has 0 heterocycles. The van der Waals surface area contributed by atoms with Gasteiger partial charge in [-0.1, -0.05) is 13.3 Å². The van der Waals surface area contributed by atoms with E-state index in [1.54, 1.807) is 0 Å². The van der Waals surface area contributed by atoms with E-state index in [1.165, 1.54) is 6.42 Å². The van der Waals surface area contributed by atoms with Gasteiger partial charge in [0.25, 0.3) is 0 Å². The van der Waals surface area contributed by atoms with E-state index in [0.717, 1.165) is 25.7 Å². The molecule has 0 spiro atoms. The van der Waals surface area contributed by atoms with Crippen molar-refractivity contribution >= 4 is 9.84 Å². The van der Waals surface area contributed by atoms with Gasteiger partial charge in [-0.2, -0.15) is 0 Å². The summed E-state index contributed by atoms with van der Waals surface area (Å²) < 4.78 is 23.0. The Morgan fingerprint density at radius 3 is 2.29 bits per heavy atom. The van der Waals surface area contributed by atoms with E-state index in [2.05, 4.69) is 0 Å². The number of nitrogens with two attached hydrogens (primary N) is 1. The predicted molar refractivity (Wildman–Crippen MR) is 58.9 cm³/mol. The molecule has 3 nitrogen and oxygen atoms in total. The second-order valence-corrected chi connectivity index (χ2v) is 6.76. The first-order chi connectivity index (χ1) is 6.54. The molecule has 4 heteroatoms. The van der Waals surface area contributed by atoms with Gasteiger partial charge < -0.3 is 5.73 Å². The lowest BCUT2D eigenvalue weighted by atomic mass is 9.67. The maximum atomic E-state index is 11.5. The van der Waals surface area contributed by atoms with Crippen LogP contribution in [0.5, 0.6) is 0 Å². The van der Waals surface area contributed by atoms with Crippen LogP contribution in [0.1, 0.15) is 39.0 Å². The van der Waals surface area contributed by atoms with Crippen molar-refractivity contribution in [1.82, 2.24) is 0 Å². The maximum absolute atomic E-state index is 11.5. The average molecular weight is 219 g/mol. The molecule has 1 rings (SSSR count). The quantitative estimate of drug-likeness (QED) is 0.733. The molecule has 0 aliphatic heterocycles. The molecule has 2 N–H and O–H groups in total. The largest absolute Gasteiger partial charge is 0.330 e. The fraction of sp³-hybridized carbons (Fsp3) is 1.00. The molecule has 0 atom stereocenters.